The molecular formula is C19H29ClN4O2. The molecule has 144 valence electrons. The first-order valence-corrected chi connectivity index (χ1v) is 9.52. The fourth-order valence-electron chi connectivity index (χ4n) is 2.81. The molecule has 0 saturated carbocycles. The number of piperidine rings is 1. The molecule has 1 aromatic rings. The maximum Gasteiger partial charge on any atom is 0.410 e. The van der Waals surface area contributed by atoms with E-state index in [1.54, 1.807) is 4.90 Å². The highest BCUT2D eigenvalue weighted by Crippen LogP contribution is 2.26. The maximum atomic E-state index is 12.1. The number of nitrogens with zero attached hydrogens (tertiary/aromatic N) is 2. The molecule has 0 spiro atoms. The number of amidine groups is 1. The van der Waals surface area contributed by atoms with Crippen LogP contribution in [0, 0.1) is 5.92 Å². The largest absolute Gasteiger partial charge is 0.444 e. The van der Waals surface area contributed by atoms with E-state index in [-0.39, 0.29) is 12.0 Å². The van der Waals surface area contributed by atoms with E-state index >= 15 is 0 Å². The molecule has 0 aliphatic carbocycles. The number of nitrogens with two attached hydrogens (primary N) is 1. The summed E-state index contributed by atoms with van der Waals surface area (Å²) in [6, 6.07) is 7.78. The summed E-state index contributed by atoms with van der Waals surface area (Å²) in [6.07, 6.45) is 1.67. The van der Waals surface area contributed by atoms with E-state index in [2.05, 4.69) is 10.3 Å². The molecule has 7 heteroatoms. The quantitative estimate of drug-likeness (QED) is 0.460. The van der Waals surface area contributed by atoms with Gasteiger partial charge in [-0.2, -0.15) is 0 Å². The lowest BCUT2D eigenvalue weighted by molar-refractivity contribution is 0.0188. The van der Waals surface area contributed by atoms with E-state index in [1.807, 2.05) is 45.0 Å². The number of ether oxygens (including phenoxy) is 1. The van der Waals surface area contributed by atoms with Gasteiger partial charge in [0.25, 0.3) is 0 Å². The van der Waals surface area contributed by atoms with Crippen LogP contribution in [0.1, 0.15) is 33.6 Å². The molecular weight excluding hydrogens is 352 g/mol. The summed E-state index contributed by atoms with van der Waals surface area (Å²) in [6.45, 7) is 7.94. The molecule has 1 fully saturated rings. The van der Waals surface area contributed by atoms with Gasteiger partial charge in [-0.15, -0.1) is 11.6 Å². The van der Waals surface area contributed by atoms with Gasteiger partial charge in [-0.05, 0) is 51.7 Å². The fourth-order valence-corrected chi connectivity index (χ4v) is 2.87. The molecule has 0 aromatic heterocycles. The Hall–Kier alpha value is -1.95. The summed E-state index contributed by atoms with van der Waals surface area (Å²) in [5, 5.41) is 3.45. The van der Waals surface area contributed by atoms with Gasteiger partial charge in [0, 0.05) is 19.6 Å². The summed E-state index contributed by atoms with van der Waals surface area (Å²) < 4.78 is 5.44. The first kappa shape index (κ1) is 20.4. The van der Waals surface area contributed by atoms with E-state index in [9.17, 15) is 4.79 Å². The number of rotatable bonds is 5. The van der Waals surface area contributed by atoms with Gasteiger partial charge in [0.15, 0.2) is 0 Å². The maximum absolute atomic E-state index is 12.1. The van der Waals surface area contributed by atoms with Crippen LogP contribution in [0.25, 0.3) is 0 Å². The van der Waals surface area contributed by atoms with Crippen molar-refractivity contribution >= 4 is 34.9 Å². The zero-order valence-corrected chi connectivity index (χ0v) is 16.6. The van der Waals surface area contributed by atoms with E-state index in [1.165, 1.54) is 0 Å². The molecule has 3 N–H and O–H groups in total. The fraction of sp³-hybridized carbons (Fsp3) is 0.579. The number of anilines is 1. The first-order chi connectivity index (χ1) is 12.3. The van der Waals surface area contributed by atoms with Gasteiger partial charge < -0.3 is 20.7 Å². The Bertz CT molecular complexity index is 635. The minimum atomic E-state index is -0.454. The average molecular weight is 381 g/mol. The number of aliphatic imine (C=N–C) groups is 1. The first-order valence-electron chi connectivity index (χ1n) is 8.98. The number of para-hydroxylation sites is 2. The summed E-state index contributed by atoms with van der Waals surface area (Å²) in [7, 11) is 0. The monoisotopic (exact) mass is 380 g/mol. The van der Waals surface area contributed by atoms with E-state index < -0.39 is 5.60 Å². The minimum absolute atomic E-state index is 0.206. The Morgan fingerprint density at radius 2 is 2.00 bits per heavy atom. The topological polar surface area (TPSA) is 80.0 Å². The van der Waals surface area contributed by atoms with Crippen LogP contribution in [-0.4, -0.2) is 47.9 Å². The Labute approximate surface area is 160 Å². The average Bonchev–Trinajstić information content (AvgIpc) is 2.60. The molecule has 1 aromatic carbocycles. The van der Waals surface area contributed by atoms with Gasteiger partial charge in [0.1, 0.15) is 11.4 Å². The third kappa shape index (κ3) is 6.41. The summed E-state index contributed by atoms with van der Waals surface area (Å²) in [5.41, 5.74) is 7.02. The van der Waals surface area contributed by atoms with Crippen molar-refractivity contribution in [3.8, 4) is 0 Å². The lowest BCUT2D eigenvalue weighted by Crippen LogP contribution is -2.42. The van der Waals surface area contributed by atoms with Crippen molar-refractivity contribution < 1.29 is 9.53 Å². The Morgan fingerprint density at radius 3 is 2.62 bits per heavy atom. The van der Waals surface area contributed by atoms with Gasteiger partial charge in [0.2, 0.25) is 0 Å². The van der Waals surface area contributed by atoms with Gasteiger partial charge in [-0.25, -0.2) is 9.79 Å². The van der Waals surface area contributed by atoms with Crippen molar-refractivity contribution in [2.45, 2.75) is 39.2 Å². The molecule has 1 amide bonds. The highest BCUT2D eigenvalue weighted by atomic mass is 35.5. The number of likely N-dealkylation sites (tertiary alicyclic amines) is 1. The second-order valence-corrected chi connectivity index (χ2v) is 7.81. The normalized spacial score (nSPS) is 16.5. The SMILES string of the molecule is CC(C)(C)OC(=O)N1CCC(CNc2ccccc2N=C(N)CCl)CC1. The molecule has 0 radical (unpaired) electrons. The van der Waals surface area contributed by atoms with Crippen molar-refractivity contribution in [3.63, 3.8) is 0 Å². The summed E-state index contributed by atoms with van der Waals surface area (Å²) >= 11 is 5.71. The van der Waals surface area contributed by atoms with Crippen LogP contribution in [0.3, 0.4) is 0 Å². The second kappa shape index (κ2) is 9.12. The third-order valence-corrected chi connectivity index (χ3v) is 4.43. The highest BCUT2D eigenvalue weighted by molar-refractivity contribution is 6.28. The number of nitrogens with one attached hydrogen (secondary N) is 1. The van der Waals surface area contributed by atoms with Gasteiger partial charge in [-0.1, -0.05) is 12.1 Å². The van der Waals surface area contributed by atoms with Gasteiger partial charge in [0.05, 0.1) is 17.3 Å². The van der Waals surface area contributed by atoms with E-state index in [4.69, 9.17) is 22.1 Å². The molecule has 26 heavy (non-hydrogen) atoms. The number of benzene rings is 1. The lowest BCUT2D eigenvalue weighted by Gasteiger charge is -2.33. The molecule has 0 bridgehead atoms. The molecule has 0 atom stereocenters. The predicted octanol–water partition coefficient (Wildman–Crippen LogP) is 3.97. The minimum Gasteiger partial charge on any atom is -0.444 e. The molecule has 2 rings (SSSR count). The van der Waals surface area contributed by atoms with Crippen LogP contribution < -0.4 is 11.1 Å². The molecule has 1 aliphatic heterocycles. The van der Waals surface area contributed by atoms with Crippen LogP contribution in [-0.2, 0) is 4.74 Å². The van der Waals surface area contributed by atoms with Crippen LogP contribution >= 0.6 is 11.6 Å². The zero-order valence-electron chi connectivity index (χ0n) is 15.8. The predicted molar refractivity (Wildman–Crippen MR) is 107 cm³/mol. The van der Waals surface area contributed by atoms with Crippen LogP contribution in [0.15, 0.2) is 29.3 Å². The Kier molecular flexibility index (Phi) is 7.14. The van der Waals surface area contributed by atoms with Crippen molar-refractivity contribution in [3.05, 3.63) is 24.3 Å². The summed E-state index contributed by atoms with van der Waals surface area (Å²) in [5.74, 6) is 1.10. The van der Waals surface area contributed by atoms with E-state index in [0.29, 0.717) is 11.8 Å². The van der Waals surface area contributed by atoms with Crippen molar-refractivity contribution in [2.75, 3.05) is 30.8 Å². The van der Waals surface area contributed by atoms with Gasteiger partial charge >= 0.3 is 6.09 Å². The number of carbonyl (C=O) groups excluding carboxylic acids is 1. The molecule has 0 unspecified atom stereocenters. The van der Waals surface area contributed by atoms with Crippen molar-refractivity contribution in [1.29, 1.82) is 0 Å². The lowest BCUT2D eigenvalue weighted by atomic mass is 9.97. The van der Waals surface area contributed by atoms with Crippen LogP contribution in [0.5, 0.6) is 0 Å². The van der Waals surface area contributed by atoms with Gasteiger partial charge in [-0.3, -0.25) is 0 Å². The molecule has 6 nitrogen and oxygen atoms in total. The number of carbonyl (C=O) groups is 1. The molecule has 1 aliphatic rings. The number of halogens is 1. The van der Waals surface area contributed by atoms with Crippen molar-refractivity contribution in [1.82, 2.24) is 4.90 Å². The third-order valence-electron chi connectivity index (χ3n) is 4.15. The number of amides is 1. The number of hydrogen-bond acceptors (Lipinski definition) is 4. The Balaban J connectivity index is 1.85. The summed E-state index contributed by atoms with van der Waals surface area (Å²) in [4.78, 5) is 18.3. The molecule has 1 heterocycles. The number of alkyl halides is 1. The van der Waals surface area contributed by atoms with E-state index in [0.717, 1.165) is 43.9 Å². The second-order valence-electron chi connectivity index (χ2n) is 7.55. The molecule has 1 saturated heterocycles. The smallest absolute Gasteiger partial charge is 0.410 e. The zero-order chi connectivity index (χ0) is 19.2. The Morgan fingerprint density at radius 1 is 1.35 bits per heavy atom. The van der Waals surface area contributed by atoms with Crippen LogP contribution in [0.4, 0.5) is 16.2 Å². The number of hydrogen-bond donors (Lipinski definition) is 2. The highest BCUT2D eigenvalue weighted by Gasteiger charge is 2.26. The standard InChI is InChI=1S/C19H29ClN4O2/c1-19(2,3)26-18(25)24-10-8-14(9-11-24)13-22-15-6-4-5-7-16(15)23-17(21)12-20/h4-7,14,22H,8-13H2,1-3H3,(H2,21,23). The van der Waals surface area contributed by atoms with Crippen LogP contribution in [0.2, 0.25) is 0 Å². The van der Waals surface area contributed by atoms with Crippen molar-refractivity contribution in [2.24, 2.45) is 16.6 Å².